The molecule has 0 spiro atoms. The third-order valence-electron chi connectivity index (χ3n) is 4.82. The van der Waals surface area contributed by atoms with Gasteiger partial charge < -0.3 is 14.5 Å². The fourth-order valence-electron chi connectivity index (χ4n) is 3.60. The van der Waals surface area contributed by atoms with E-state index < -0.39 is 0 Å². The van der Waals surface area contributed by atoms with Crippen LogP contribution in [0.1, 0.15) is 46.8 Å². The standard InChI is InChI=1S/C21H27N3O2/c1-23(2)15-16-9-11-17(12-10-16)19-8-4-5-14-24(19)21(25)18-7-6-13-22-20(18)26-3/h6-7,9-13,19H,4-5,8,14-15H2,1-3H3/t19-/m0/s1. The summed E-state index contributed by atoms with van der Waals surface area (Å²) in [5, 5.41) is 0. The number of methoxy groups -OCH3 is 1. The Balaban J connectivity index is 1.85. The van der Waals surface area contributed by atoms with Crippen molar-refractivity contribution in [1.82, 2.24) is 14.8 Å². The maximum absolute atomic E-state index is 13.2. The van der Waals surface area contributed by atoms with Crippen molar-refractivity contribution in [2.75, 3.05) is 27.7 Å². The molecule has 3 rings (SSSR count). The monoisotopic (exact) mass is 353 g/mol. The van der Waals surface area contributed by atoms with Crippen molar-refractivity contribution in [3.05, 3.63) is 59.3 Å². The first-order valence-electron chi connectivity index (χ1n) is 9.13. The quantitative estimate of drug-likeness (QED) is 0.825. The summed E-state index contributed by atoms with van der Waals surface area (Å²) in [5.74, 6) is 0.389. The molecule has 0 radical (unpaired) electrons. The third kappa shape index (κ3) is 4.05. The van der Waals surface area contributed by atoms with E-state index in [1.807, 2.05) is 4.90 Å². The van der Waals surface area contributed by atoms with Crippen LogP contribution in [0.15, 0.2) is 42.6 Å². The minimum Gasteiger partial charge on any atom is -0.480 e. The molecule has 2 heterocycles. The summed E-state index contributed by atoms with van der Waals surface area (Å²) in [6.45, 7) is 1.68. The second-order valence-corrected chi connectivity index (χ2v) is 7.05. The Morgan fingerprint density at radius 3 is 2.69 bits per heavy atom. The average Bonchev–Trinajstić information content (AvgIpc) is 2.67. The molecule has 1 aliphatic heterocycles. The average molecular weight is 353 g/mol. The fourth-order valence-corrected chi connectivity index (χ4v) is 3.60. The van der Waals surface area contributed by atoms with Gasteiger partial charge in [-0.05, 0) is 56.6 Å². The summed E-state index contributed by atoms with van der Waals surface area (Å²) in [5.41, 5.74) is 3.01. The Morgan fingerprint density at radius 1 is 1.23 bits per heavy atom. The second-order valence-electron chi connectivity index (χ2n) is 7.05. The lowest BCUT2D eigenvalue weighted by Gasteiger charge is -2.36. The van der Waals surface area contributed by atoms with Crippen LogP contribution >= 0.6 is 0 Å². The maximum Gasteiger partial charge on any atom is 0.259 e. The number of nitrogens with zero attached hydrogens (tertiary/aromatic N) is 3. The number of ether oxygens (including phenoxy) is 1. The molecule has 5 heteroatoms. The van der Waals surface area contributed by atoms with Crippen molar-refractivity contribution in [2.45, 2.75) is 31.8 Å². The Kier molecular flexibility index (Phi) is 5.89. The predicted octanol–water partition coefficient (Wildman–Crippen LogP) is 3.52. The van der Waals surface area contributed by atoms with E-state index in [0.29, 0.717) is 11.4 Å². The molecule has 1 aromatic heterocycles. The van der Waals surface area contributed by atoms with E-state index in [1.165, 1.54) is 11.1 Å². The van der Waals surface area contributed by atoms with Crippen LogP contribution < -0.4 is 4.74 Å². The number of hydrogen-bond acceptors (Lipinski definition) is 4. The van der Waals surface area contributed by atoms with Gasteiger partial charge in [0, 0.05) is 19.3 Å². The van der Waals surface area contributed by atoms with Gasteiger partial charge in [0.25, 0.3) is 5.91 Å². The first kappa shape index (κ1) is 18.4. The maximum atomic E-state index is 13.2. The van der Waals surface area contributed by atoms with E-state index in [0.717, 1.165) is 32.4 Å². The van der Waals surface area contributed by atoms with Crippen LogP contribution in [0.25, 0.3) is 0 Å². The molecule has 1 aliphatic rings. The van der Waals surface area contributed by atoms with Crippen LogP contribution in [0.5, 0.6) is 5.88 Å². The molecule has 2 aromatic rings. The number of carbonyl (C=O) groups excluding carboxylic acids is 1. The van der Waals surface area contributed by atoms with Gasteiger partial charge in [-0.1, -0.05) is 24.3 Å². The number of hydrogen-bond donors (Lipinski definition) is 0. The molecule has 0 aliphatic carbocycles. The van der Waals surface area contributed by atoms with Gasteiger partial charge in [-0.2, -0.15) is 0 Å². The molecule has 0 saturated carbocycles. The van der Waals surface area contributed by atoms with Crippen molar-refractivity contribution in [2.24, 2.45) is 0 Å². The first-order chi connectivity index (χ1) is 12.6. The highest BCUT2D eigenvalue weighted by Crippen LogP contribution is 2.33. The normalized spacial score (nSPS) is 17.4. The SMILES string of the molecule is COc1ncccc1C(=O)N1CCCC[C@H]1c1ccc(CN(C)C)cc1. The van der Waals surface area contributed by atoms with Gasteiger partial charge in [0.2, 0.25) is 5.88 Å². The number of aromatic nitrogens is 1. The van der Waals surface area contributed by atoms with Gasteiger partial charge in [-0.3, -0.25) is 4.79 Å². The zero-order chi connectivity index (χ0) is 18.5. The zero-order valence-electron chi connectivity index (χ0n) is 15.8. The van der Waals surface area contributed by atoms with Gasteiger partial charge in [0.05, 0.1) is 13.2 Å². The number of rotatable bonds is 5. The Hall–Kier alpha value is -2.40. The molecular weight excluding hydrogens is 326 g/mol. The number of pyridine rings is 1. The van der Waals surface area contributed by atoms with E-state index in [4.69, 9.17) is 4.74 Å². The molecule has 1 atom stereocenters. The molecule has 0 N–H and O–H groups in total. The summed E-state index contributed by atoms with van der Waals surface area (Å²) >= 11 is 0. The summed E-state index contributed by atoms with van der Waals surface area (Å²) in [6.07, 6.45) is 4.80. The molecule has 0 unspecified atom stereocenters. The van der Waals surface area contributed by atoms with Crippen LogP contribution in [-0.4, -0.2) is 48.4 Å². The lowest BCUT2D eigenvalue weighted by Crippen LogP contribution is -2.38. The van der Waals surface area contributed by atoms with E-state index in [9.17, 15) is 4.79 Å². The molecule has 1 saturated heterocycles. The van der Waals surface area contributed by atoms with Crippen LogP contribution in [0, 0.1) is 0 Å². The molecule has 1 fully saturated rings. The van der Waals surface area contributed by atoms with Crippen LogP contribution in [0.3, 0.4) is 0 Å². The van der Waals surface area contributed by atoms with Gasteiger partial charge >= 0.3 is 0 Å². The summed E-state index contributed by atoms with van der Waals surface area (Å²) in [4.78, 5) is 21.5. The Morgan fingerprint density at radius 2 is 2.00 bits per heavy atom. The zero-order valence-corrected chi connectivity index (χ0v) is 15.8. The summed E-state index contributed by atoms with van der Waals surface area (Å²) in [6, 6.07) is 12.3. The Bertz CT molecular complexity index is 743. The molecular formula is C21H27N3O2. The van der Waals surface area contributed by atoms with Gasteiger partial charge in [-0.25, -0.2) is 4.98 Å². The molecule has 138 valence electrons. The van der Waals surface area contributed by atoms with Gasteiger partial charge in [0.15, 0.2) is 0 Å². The number of benzene rings is 1. The van der Waals surface area contributed by atoms with E-state index in [-0.39, 0.29) is 11.9 Å². The van der Waals surface area contributed by atoms with E-state index in [2.05, 4.69) is 48.2 Å². The van der Waals surface area contributed by atoms with Gasteiger partial charge in [0.1, 0.15) is 5.56 Å². The smallest absolute Gasteiger partial charge is 0.259 e. The molecule has 0 bridgehead atoms. The van der Waals surface area contributed by atoms with Crippen LogP contribution in [0.2, 0.25) is 0 Å². The summed E-state index contributed by atoms with van der Waals surface area (Å²) in [7, 11) is 5.68. The van der Waals surface area contributed by atoms with E-state index >= 15 is 0 Å². The van der Waals surface area contributed by atoms with Crippen molar-refractivity contribution >= 4 is 5.91 Å². The number of likely N-dealkylation sites (tertiary alicyclic amines) is 1. The van der Waals surface area contributed by atoms with Crippen molar-refractivity contribution in [3.8, 4) is 5.88 Å². The van der Waals surface area contributed by atoms with Crippen LogP contribution in [0.4, 0.5) is 0 Å². The minimum atomic E-state index is -0.00276. The predicted molar refractivity (Wildman–Crippen MR) is 102 cm³/mol. The summed E-state index contributed by atoms with van der Waals surface area (Å²) < 4.78 is 5.29. The minimum absolute atomic E-state index is 0.00276. The van der Waals surface area contributed by atoms with Gasteiger partial charge in [-0.15, -0.1) is 0 Å². The third-order valence-corrected chi connectivity index (χ3v) is 4.82. The molecule has 5 nitrogen and oxygen atoms in total. The topological polar surface area (TPSA) is 45.7 Å². The van der Waals surface area contributed by atoms with Crippen molar-refractivity contribution in [1.29, 1.82) is 0 Å². The number of amides is 1. The molecule has 26 heavy (non-hydrogen) atoms. The highest BCUT2D eigenvalue weighted by molar-refractivity contribution is 5.96. The Labute approximate surface area is 155 Å². The first-order valence-corrected chi connectivity index (χ1v) is 9.13. The number of carbonyl (C=O) groups is 1. The second kappa shape index (κ2) is 8.32. The highest BCUT2D eigenvalue weighted by Gasteiger charge is 2.30. The largest absolute Gasteiger partial charge is 0.480 e. The lowest BCUT2D eigenvalue weighted by molar-refractivity contribution is 0.0607. The van der Waals surface area contributed by atoms with Crippen molar-refractivity contribution in [3.63, 3.8) is 0 Å². The van der Waals surface area contributed by atoms with Crippen molar-refractivity contribution < 1.29 is 9.53 Å². The molecule has 1 amide bonds. The number of piperidine rings is 1. The molecule has 1 aromatic carbocycles. The highest BCUT2D eigenvalue weighted by atomic mass is 16.5. The van der Waals surface area contributed by atoms with Crippen LogP contribution in [-0.2, 0) is 6.54 Å². The lowest BCUT2D eigenvalue weighted by atomic mass is 9.94. The van der Waals surface area contributed by atoms with E-state index in [1.54, 1.807) is 25.4 Å². The fraction of sp³-hybridized carbons (Fsp3) is 0.429.